The quantitative estimate of drug-likeness (QED) is 0.617. The molecule has 0 radical (unpaired) electrons. The van der Waals surface area contributed by atoms with Crippen molar-refractivity contribution < 1.29 is 23.5 Å². The highest BCUT2D eigenvalue weighted by Gasteiger charge is 2.45. The number of anilines is 2. The Kier molecular flexibility index (Phi) is 6.07. The van der Waals surface area contributed by atoms with Crippen LogP contribution in [0.3, 0.4) is 0 Å². The lowest BCUT2D eigenvalue weighted by molar-refractivity contribution is -0.122. The number of hydrogen-bond acceptors (Lipinski definition) is 4. The Morgan fingerprint density at radius 2 is 1.53 bits per heavy atom. The third kappa shape index (κ3) is 4.14. The molecule has 7 heteroatoms. The van der Waals surface area contributed by atoms with Gasteiger partial charge in [0.2, 0.25) is 11.8 Å². The molecule has 0 unspecified atom stereocenters. The summed E-state index contributed by atoms with van der Waals surface area (Å²) in [6.07, 6.45) is 0.00299. The van der Waals surface area contributed by atoms with Gasteiger partial charge in [0.05, 0.1) is 31.9 Å². The number of halogens is 1. The van der Waals surface area contributed by atoms with Crippen molar-refractivity contribution in [3.8, 4) is 11.5 Å². The highest BCUT2D eigenvalue weighted by Crippen LogP contribution is 2.42. The number of carbonyl (C=O) groups is 2. The van der Waals surface area contributed by atoms with Crippen LogP contribution in [0.5, 0.6) is 11.5 Å². The van der Waals surface area contributed by atoms with Gasteiger partial charge in [0.25, 0.3) is 0 Å². The van der Waals surface area contributed by atoms with Gasteiger partial charge < -0.3 is 19.7 Å². The second-order valence-corrected chi connectivity index (χ2v) is 7.46. The molecule has 0 aliphatic carbocycles. The minimum absolute atomic E-state index is 0.00299. The lowest BCUT2D eigenvalue weighted by Crippen LogP contribution is -2.32. The normalized spacial score (nSPS) is 17.8. The van der Waals surface area contributed by atoms with E-state index in [1.54, 1.807) is 67.7 Å². The fourth-order valence-electron chi connectivity index (χ4n) is 3.99. The summed E-state index contributed by atoms with van der Waals surface area (Å²) >= 11 is 0. The Hall–Kier alpha value is -3.87. The van der Waals surface area contributed by atoms with E-state index >= 15 is 0 Å². The van der Waals surface area contributed by atoms with E-state index in [1.165, 1.54) is 12.1 Å². The van der Waals surface area contributed by atoms with Crippen molar-refractivity contribution in [3.63, 3.8) is 0 Å². The van der Waals surface area contributed by atoms with Crippen molar-refractivity contribution in [3.05, 3.63) is 84.2 Å². The molecule has 0 bridgehead atoms. The van der Waals surface area contributed by atoms with Gasteiger partial charge in [-0.2, -0.15) is 0 Å². The molecule has 6 nitrogen and oxygen atoms in total. The summed E-state index contributed by atoms with van der Waals surface area (Å²) in [5.74, 6) is -0.516. The molecule has 2 atom stereocenters. The van der Waals surface area contributed by atoms with E-state index < -0.39 is 23.7 Å². The Balaban J connectivity index is 1.71. The van der Waals surface area contributed by atoms with E-state index in [2.05, 4.69) is 5.32 Å². The van der Waals surface area contributed by atoms with Crippen molar-refractivity contribution in [1.29, 1.82) is 0 Å². The average Bonchev–Trinajstić information content (AvgIpc) is 3.17. The highest BCUT2D eigenvalue weighted by molar-refractivity contribution is 6.04. The van der Waals surface area contributed by atoms with E-state index in [0.29, 0.717) is 17.2 Å². The summed E-state index contributed by atoms with van der Waals surface area (Å²) in [7, 11) is 3.14. The lowest BCUT2D eigenvalue weighted by Gasteiger charge is -2.28. The number of nitrogens with one attached hydrogen (secondary N) is 1. The van der Waals surface area contributed by atoms with E-state index in [1.807, 2.05) is 12.1 Å². The number of ether oxygens (including phenoxy) is 2. The summed E-state index contributed by atoms with van der Waals surface area (Å²) in [6, 6.07) is 19.7. The predicted octanol–water partition coefficient (Wildman–Crippen LogP) is 4.58. The van der Waals surface area contributed by atoms with Gasteiger partial charge in [0, 0.05) is 12.1 Å². The maximum Gasteiger partial charge on any atom is 0.230 e. The van der Waals surface area contributed by atoms with Crippen LogP contribution in [0.1, 0.15) is 18.0 Å². The first-order valence-corrected chi connectivity index (χ1v) is 10.2. The van der Waals surface area contributed by atoms with Crippen LogP contribution in [0, 0.1) is 11.7 Å². The maximum absolute atomic E-state index is 14.1. The minimum atomic E-state index is -0.711. The number of amides is 2. The van der Waals surface area contributed by atoms with Gasteiger partial charge in [-0.3, -0.25) is 9.59 Å². The van der Waals surface area contributed by atoms with Crippen molar-refractivity contribution in [2.45, 2.75) is 12.5 Å². The zero-order valence-electron chi connectivity index (χ0n) is 17.7. The van der Waals surface area contributed by atoms with Gasteiger partial charge in [-0.05, 0) is 54.1 Å². The molecule has 164 valence electrons. The number of rotatable bonds is 6. The van der Waals surface area contributed by atoms with Crippen LogP contribution < -0.4 is 19.7 Å². The monoisotopic (exact) mass is 434 g/mol. The van der Waals surface area contributed by atoms with E-state index in [0.717, 1.165) is 5.56 Å². The average molecular weight is 434 g/mol. The summed E-state index contributed by atoms with van der Waals surface area (Å²) in [5.41, 5.74) is 1.51. The first-order valence-electron chi connectivity index (χ1n) is 10.2. The molecule has 3 aromatic rings. The third-order valence-electron chi connectivity index (χ3n) is 5.60. The van der Waals surface area contributed by atoms with Gasteiger partial charge in [0.1, 0.15) is 17.3 Å². The predicted molar refractivity (Wildman–Crippen MR) is 119 cm³/mol. The molecule has 1 fully saturated rings. The van der Waals surface area contributed by atoms with E-state index in [9.17, 15) is 14.0 Å². The maximum atomic E-state index is 14.1. The van der Waals surface area contributed by atoms with Gasteiger partial charge in [-0.15, -0.1) is 0 Å². The van der Waals surface area contributed by atoms with Crippen LogP contribution in [-0.2, 0) is 9.59 Å². The molecule has 0 aromatic heterocycles. The molecule has 0 spiro atoms. The van der Waals surface area contributed by atoms with E-state index in [4.69, 9.17) is 9.47 Å². The van der Waals surface area contributed by atoms with Crippen molar-refractivity contribution >= 4 is 23.2 Å². The highest BCUT2D eigenvalue weighted by atomic mass is 19.1. The van der Waals surface area contributed by atoms with Gasteiger partial charge in [-0.25, -0.2) is 4.39 Å². The minimum Gasteiger partial charge on any atom is -0.497 e. The lowest BCUT2D eigenvalue weighted by atomic mass is 9.92. The topological polar surface area (TPSA) is 67.9 Å². The number of carbonyl (C=O) groups excluding carboxylic acids is 2. The van der Waals surface area contributed by atoms with Crippen molar-refractivity contribution in [2.24, 2.45) is 5.92 Å². The first-order chi connectivity index (χ1) is 15.5. The molecule has 1 saturated heterocycles. The number of hydrogen-bond donors (Lipinski definition) is 1. The van der Waals surface area contributed by atoms with Crippen LogP contribution in [0.4, 0.5) is 15.8 Å². The molecule has 1 aliphatic rings. The molecule has 3 aromatic carbocycles. The van der Waals surface area contributed by atoms with Crippen molar-refractivity contribution in [1.82, 2.24) is 0 Å². The van der Waals surface area contributed by atoms with Crippen LogP contribution in [0.25, 0.3) is 0 Å². The number of para-hydroxylation sites is 1. The zero-order chi connectivity index (χ0) is 22.7. The molecule has 32 heavy (non-hydrogen) atoms. The summed E-state index contributed by atoms with van der Waals surface area (Å²) in [4.78, 5) is 27.9. The Labute approximate surface area is 185 Å². The summed E-state index contributed by atoms with van der Waals surface area (Å²) < 4.78 is 24.6. The third-order valence-corrected chi connectivity index (χ3v) is 5.60. The summed E-state index contributed by atoms with van der Waals surface area (Å²) in [6.45, 7) is 0. The smallest absolute Gasteiger partial charge is 0.230 e. The van der Waals surface area contributed by atoms with Crippen LogP contribution >= 0.6 is 0 Å². The SMILES string of the molecule is COc1ccc([C@H]2[C@@H](C(=O)Nc3ccccc3F)CC(=O)N2c2ccc(OC)cc2)cc1. The molecule has 1 aliphatic heterocycles. The Morgan fingerprint density at radius 1 is 0.938 bits per heavy atom. The second-order valence-electron chi connectivity index (χ2n) is 7.46. The molecule has 1 heterocycles. The first kappa shape index (κ1) is 21.4. The molecular weight excluding hydrogens is 411 g/mol. The van der Waals surface area contributed by atoms with Crippen molar-refractivity contribution in [2.75, 3.05) is 24.4 Å². The standard InChI is InChI=1S/C25H23FN2O4/c1-31-18-11-7-16(8-12-18)24-20(25(30)27-22-6-4-3-5-21(22)26)15-23(29)28(24)17-9-13-19(32-2)14-10-17/h3-14,20,24H,15H2,1-2H3,(H,27,30)/t20-,24-/m0/s1. The Bertz CT molecular complexity index is 1120. The molecule has 4 rings (SSSR count). The molecule has 1 N–H and O–H groups in total. The van der Waals surface area contributed by atoms with Crippen LogP contribution in [0.2, 0.25) is 0 Å². The van der Waals surface area contributed by atoms with Crippen LogP contribution in [0.15, 0.2) is 72.8 Å². The number of benzene rings is 3. The molecule has 2 amide bonds. The van der Waals surface area contributed by atoms with Gasteiger partial charge in [-0.1, -0.05) is 24.3 Å². The van der Waals surface area contributed by atoms with Crippen LogP contribution in [-0.4, -0.2) is 26.0 Å². The van der Waals surface area contributed by atoms with Gasteiger partial charge >= 0.3 is 0 Å². The molecular formula is C25H23FN2O4. The fourth-order valence-corrected chi connectivity index (χ4v) is 3.99. The van der Waals surface area contributed by atoms with Gasteiger partial charge in [0.15, 0.2) is 0 Å². The number of nitrogens with zero attached hydrogens (tertiary/aromatic N) is 1. The Morgan fingerprint density at radius 3 is 2.12 bits per heavy atom. The second kappa shape index (κ2) is 9.09. The number of methoxy groups -OCH3 is 2. The molecule has 0 saturated carbocycles. The summed E-state index contributed by atoms with van der Waals surface area (Å²) in [5, 5.41) is 2.65. The van der Waals surface area contributed by atoms with E-state index in [-0.39, 0.29) is 18.0 Å². The zero-order valence-corrected chi connectivity index (χ0v) is 17.7. The fraction of sp³-hybridized carbons (Fsp3) is 0.200. The largest absolute Gasteiger partial charge is 0.497 e.